The Morgan fingerprint density at radius 1 is 0.600 bits per heavy atom. The molecule has 2 unspecified atom stereocenters. The van der Waals surface area contributed by atoms with Gasteiger partial charge in [-0.05, 0) is 12.8 Å². The van der Waals surface area contributed by atoms with Crippen LogP contribution in [0.5, 0.6) is 0 Å². The second-order valence-electron chi connectivity index (χ2n) is 8.83. The van der Waals surface area contributed by atoms with Gasteiger partial charge in [-0.15, -0.1) is 0 Å². The Bertz CT molecular complexity index is 442. The van der Waals surface area contributed by atoms with Crippen molar-refractivity contribution < 1.29 is 47.6 Å². The van der Waals surface area contributed by atoms with Gasteiger partial charge in [-0.1, -0.05) is 129 Å². The van der Waals surface area contributed by atoms with Crippen LogP contribution in [0.3, 0.4) is 0 Å². The topological polar surface area (TPSA) is 77.4 Å². The fourth-order valence-corrected chi connectivity index (χ4v) is 5.01. The van der Waals surface area contributed by atoms with Gasteiger partial charge in [0.2, 0.25) is 0 Å². The predicted molar refractivity (Wildman–Crippen MR) is 123 cm³/mol. The van der Waals surface area contributed by atoms with Crippen LogP contribution in [-0.4, -0.2) is 29.4 Å². The van der Waals surface area contributed by atoms with E-state index in [0.717, 1.165) is 32.1 Å². The molecule has 0 rings (SSSR count). The molecule has 0 aliphatic carbocycles. The van der Waals surface area contributed by atoms with Gasteiger partial charge in [-0.3, -0.25) is 0 Å². The van der Waals surface area contributed by atoms with Crippen LogP contribution < -0.4 is 29.6 Å². The van der Waals surface area contributed by atoms with E-state index in [0.29, 0.717) is 19.3 Å². The molecule has 0 saturated heterocycles. The molecule has 0 radical (unpaired) electrons. The maximum atomic E-state index is 11.6. The van der Waals surface area contributed by atoms with Gasteiger partial charge in [0, 0.05) is 0 Å². The molecule has 0 spiro atoms. The summed E-state index contributed by atoms with van der Waals surface area (Å²) in [5.74, 6) is 0. The Morgan fingerprint density at radius 2 is 0.900 bits per heavy atom. The van der Waals surface area contributed by atoms with Crippen LogP contribution in [-0.2, 0) is 10.1 Å². The Hall–Kier alpha value is 0.870. The molecule has 176 valence electrons. The van der Waals surface area contributed by atoms with Crippen LogP contribution >= 0.6 is 0 Å². The second kappa shape index (κ2) is 23.0. The van der Waals surface area contributed by atoms with E-state index in [-0.39, 0.29) is 29.6 Å². The molecule has 0 aromatic rings. The monoisotopic (exact) mass is 456 g/mol. The Kier molecular flexibility index (Phi) is 25.4. The molecule has 0 aromatic heterocycles. The number of hydrogen-bond acceptors (Lipinski definition) is 4. The maximum Gasteiger partial charge on any atom is 1.00 e. The Labute approximate surface area is 210 Å². The molecule has 0 amide bonds. The predicted octanol–water partition coefficient (Wildman–Crippen LogP) is 4.11. The van der Waals surface area contributed by atoms with E-state index in [1.165, 1.54) is 77.0 Å². The average Bonchev–Trinajstić information content (AvgIpc) is 2.67. The average molecular weight is 457 g/mol. The van der Waals surface area contributed by atoms with Gasteiger partial charge in [-0.25, -0.2) is 8.42 Å². The van der Waals surface area contributed by atoms with Gasteiger partial charge < -0.3 is 9.66 Å². The standard InChI is InChI=1S/C24H50O4S.Na/c1-3-5-7-9-11-12-13-14-16-17-19-21-23(25)24(29(26,27)28)22-20-18-15-10-8-6-4-2;/h23-25H,3-22H2,1-2H3,(H,26,27,28);/q;+1/p-1. The van der Waals surface area contributed by atoms with Gasteiger partial charge >= 0.3 is 29.6 Å². The van der Waals surface area contributed by atoms with Crippen LogP contribution in [0.25, 0.3) is 0 Å². The van der Waals surface area contributed by atoms with Gasteiger partial charge in [0.15, 0.2) is 0 Å². The maximum absolute atomic E-state index is 11.6. The summed E-state index contributed by atoms with van der Waals surface area (Å²) in [6.45, 7) is 4.42. The normalized spacial score (nSPS) is 13.7. The van der Waals surface area contributed by atoms with Gasteiger partial charge in [0.05, 0.1) is 11.4 Å². The Balaban J connectivity index is 0. The first kappa shape index (κ1) is 33.0. The minimum Gasteiger partial charge on any atom is -0.748 e. The van der Waals surface area contributed by atoms with Crippen molar-refractivity contribution in [3.05, 3.63) is 0 Å². The number of aliphatic hydroxyl groups is 1. The zero-order valence-corrected chi connectivity index (χ0v) is 23.2. The number of hydrogen-bond donors (Lipinski definition) is 1. The molecule has 30 heavy (non-hydrogen) atoms. The molecule has 0 fully saturated rings. The molecule has 0 bridgehead atoms. The third kappa shape index (κ3) is 20.8. The molecule has 0 aliphatic rings. The number of unbranched alkanes of at least 4 members (excludes halogenated alkanes) is 16. The number of rotatable bonds is 22. The third-order valence-corrected chi connectivity index (χ3v) is 7.29. The van der Waals surface area contributed by atoms with Crippen LogP contribution in [0.15, 0.2) is 0 Å². The van der Waals surface area contributed by atoms with Gasteiger partial charge in [0.25, 0.3) is 0 Å². The summed E-state index contributed by atoms with van der Waals surface area (Å²) in [6.07, 6.45) is 20.7. The summed E-state index contributed by atoms with van der Waals surface area (Å²) in [5.41, 5.74) is 0. The summed E-state index contributed by atoms with van der Waals surface area (Å²) >= 11 is 0. The third-order valence-electron chi connectivity index (χ3n) is 6.00. The van der Waals surface area contributed by atoms with E-state index < -0.39 is 21.5 Å². The zero-order valence-electron chi connectivity index (χ0n) is 20.4. The van der Waals surface area contributed by atoms with Crippen molar-refractivity contribution in [2.45, 2.75) is 154 Å². The van der Waals surface area contributed by atoms with Crippen LogP contribution in [0.4, 0.5) is 0 Å². The van der Waals surface area contributed by atoms with E-state index in [2.05, 4.69) is 13.8 Å². The minimum absolute atomic E-state index is 0. The summed E-state index contributed by atoms with van der Waals surface area (Å²) in [5, 5.41) is 9.16. The van der Waals surface area contributed by atoms with E-state index >= 15 is 0 Å². The van der Waals surface area contributed by atoms with E-state index in [1.807, 2.05) is 0 Å². The van der Waals surface area contributed by atoms with Crippen molar-refractivity contribution in [3.63, 3.8) is 0 Å². The van der Waals surface area contributed by atoms with E-state index in [4.69, 9.17) is 0 Å². The molecular weight excluding hydrogens is 407 g/mol. The summed E-state index contributed by atoms with van der Waals surface area (Å²) in [6, 6.07) is 0. The molecule has 0 heterocycles. The summed E-state index contributed by atoms with van der Waals surface area (Å²) in [4.78, 5) is 0. The molecule has 6 heteroatoms. The molecule has 2 atom stereocenters. The fraction of sp³-hybridized carbons (Fsp3) is 1.00. The fourth-order valence-electron chi connectivity index (χ4n) is 4.04. The Morgan fingerprint density at radius 3 is 1.23 bits per heavy atom. The number of aliphatic hydroxyl groups excluding tert-OH is 1. The summed E-state index contributed by atoms with van der Waals surface area (Å²) < 4.78 is 34.7. The molecule has 4 nitrogen and oxygen atoms in total. The van der Waals surface area contributed by atoms with E-state index in [9.17, 15) is 18.1 Å². The smallest absolute Gasteiger partial charge is 0.748 e. The summed E-state index contributed by atoms with van der Waals surface area (Å²) in [7, 11) is -4.43. The van der Waals surface area contributed by atoms with Crippen molar-refractivity contribution in [2.24, 2.45) is 0 Å². The zero-order chi connectivity index (χ0) is 21.8. The molecule has 0 aliphatic heterocycles. The molecule has 0 aromatic carbocycles. The molecule has 0 saturated carbocycles. The van der Waals surface area contributed by atoms with Crippen molar-refractivity contribution >= 4 is 10.1 Å². The van der Waals surface area contributed by atoms with E-state index in [1.54, 1.807) is 0 Å². The van der Waals surface area contributed by atoms with Crippen LogP contribution in [0.2, 0.25) is 0 Å². The first-order valence-electron chi connectivity index (χ1n) is 12.6. The van der Waals surface area contributed by atoms with Gasteiger partial charge in [-0.2, -0.15) is 0 Å². The van der Waals surface area contributed by atoms with Gasteiger partial charge in [0.1, 0.15) is 10.1 Å². The van der Waals surface area contributed by atoms with Crippen molar-refractivity contribution in [2.75, 3.05) is 0 Å². The SMILES string of the molecule is CCCCCCCCCCCCCC(O)C(CCCCCCCCC)S(=O)(=O)[O-].[Na+]. The molecular formula is C24H49NaO4S. The quantitative estimate of drug-likeness (QED) is 0.151. The van der Waals surface area contributed by atoms with Crippen LogP contribution in [0.1, 0.15) is 142 Å². The van der Waals surface area contributed by atoms with Crippen molar-refractivity contribution in [3.8, 4) is 0 Å². The van der Waals surface area contributed by atoms with Crippen molar-refractivity contribution in [1.82, 2.24) is 0 Å². The minimum atomic E-state index is -4.43. The first-order chi connectivity index (χ1) is 13.9. The van der Waals surface area contributed by atoms with Crippen molar-refractivity contribution in [1.29, 1.82) is 0 Å². The first-order valence-corrected chi connectivity index (χ1v) is 14.0. The molecule has 1 N–H and O–H groups in total. The second-order valence-corrected chi connectivity index (χ2v) is 10.4. The van der Waals surface area contributed by atoms with Crippen LogP contribution in [0, 0.1) is 0 Å². The largest absolute Gasteiger partial charge is 1.00 e.